The van der Waals surface area contributed by atoms with Gasteiger partial charge in [-0.25, -0.2) is 0 Å². The van der Waals surface area contributed by atoms with E-state index in [9.17, 15) is 4.79 Å². The van der Waals surface area contributed by atoms with Gasteiger partial charge in [-0.05, 0) is 32.1 Å². The molecule has 0 heterocycles. The molecular formula is C18H32O2. The lowest BCUT2D eigenvalue weighted by Crippen LogP contribution is -2.16. The van der Waals surface area contributed by atoms with Crippen LogP contribution >= 0.6 is 0 Å². The van der Waals surface area contributed by atoms with Gasteiger partial charge in [-0.1, -0.05) is 63.8 Å². The summed E-state index contributed by atoms with van der Waals surface area (Å²) in [5.41, 5.74) is 0. The summed E-state index contributed by atoms with van der Waals surface area (Å²) < 4.78 is 5.37. The molecule has 1 atom stereocenters. The molecular weight excluding hydrogens is 248 g/mol. The van der Waals surface area contributed by atoms with E-state index in [0.717, 1.165) is 32.1 Å². The number of ether oxygens (including phenoxy) is 1. The van der Waals surface area contributed by atoms with Crippen LogP contribution in [0.15, 0.2) is 24.8 Å². The van der Waals surface area contributed by atoms with Crippen LogP contribution < -0.4 is 0 Å². The number of rotatable bonds is 13. The number of carbonyl (C=O) groups is 1. The fourth-order valence-electron chi connectivity index (χ4n) is 2.29. The average molecular weight is 280 g/mol. The molecule has 2 heteroatoms. The zero-order chi connectivity index (χ0) is 15.1. The first-order valence-electron chi connectivity index (χ1n) is 8.15. The Kier molecular flexibility index (Phi) is 13.6. The summed E-state index contributed by atoms with van der Waals surface area (Å²) in [6, 6.07) is 0. The Bertz CT molecular complexity index is 269. The van der Waals surface area contributed by atoms with Crippen molar-refractivity contribution in [2.24, 2.45) is 0 Å². The molecule has 0 aromatic heterocycles. The number of hydrogen-bond donors (Lipinski definition) is 0. The first-order chi connectivity index (χ1) is 9.70. The van der Waals surface area contributed by atoms with Crippen molar-refractivity contribution in [2.45, 2.75) is 84.2 Å². The lowest BCUT2D eigenvalue weighted by molar-refractivity contribution is -0.147. The van der Waals surface area contributed by atoms with Crippen LogP contribution in [0.1, 0.15) is 78.1 Å². The highest BCUT2D eigenvalue weighted by molar-refractivity contribution is 5.66. The highest BCUT2D eigenvalue weighted by Gasteiger charge is 2.10. The zero-order valence-electron chi connectivity index (χ0n) is 13.4. The van der Waals surface area contributed by atoms with Crippen LogP contribution in [0.25, 0.3) is 0 Å². The van der Waals surface area contributed by atoms with E-state index in [4.69, 9.17) is 4.74 Å². The average Bonchev–Trinajstić information content (AvgIpc) is 2.42. The molecule has 2 nitrogen and oxygen atoms in total. The quantitative estimate of drug-likeness (QED) is 0.250. The molecule has 0 N–H and O–H groups in total. The van der Waals surface area contributed by atoms with E-state index in [1.165, 1.54) is 39.0 Å². The number of allylic oxidation sites excluding steroid dienone is 3. The molecule has 0 aliphatic rings. The van der Waals surface area contributed by atoms with E-state index < -0.39 is 0 Å². The minimum atomic E-state index is -0.139. The second-order valence-corrected chi connectivity index (χ2v) is 5.38. The monoisotopic (exact) mass is 280 g/mol. The third-order valence-corrected chi connectivity index (χ3v) is 3.38. The predicted molar refractivity (Wildman–Crippen MR) is 86.7 cm³/mol. The fraction of sp³-hybridized carbons (Fsp3) is 0.722. The Morgan fingerprint density at radius 2 is 1.75 bits per heavy atom. The minimum absolute atomic E-state index is 0.139. The Balaban J connectivity index is 3.54. The molecule has 0 amide bonds. The predicted octanol–water partition coefficient (Wildman–Crippen LogP) is 5.58. The van der Waals surface area contributed by atoms with E-state index in [-0.39, 0.29) is 12.1 Å². The number of esters is 1. The maximum absolute atomic E-state index is 11.0. The first kappa shape index (κ1) is 18.9. The van der Waals surface area contributed by atoms with Crippen molar-refractivity contribution in [3.05, 3.63) is 24.8 Å². The second kappa shape index (κ2) is 14.4. The molecule has 0 rings (SSSR count). The minimum Gasteiger partial charge on any atom is -0.463 e. The second-order valence-electron chi connectivity index (χ2n) is 5.38. The molecule has 0 bridgehead atoms. The van der Waals surface area contributed by atoms with Crippen molar-refractivity contribution in [2.75, 3.05) is 0 Å². The van der Waals surface area contributed by atoms with Crippen LogP contribution in [0, 0.1) is 0 Å². The van der Waals surface area contributed by atoms with Gasteiger partial charge in [0.15, 0.2) is 0 Å². The van der Waals surface area contributed by atoms with Gasteiger partial charge in [-0.3, -0.25) is 4.79 Å². The van der Waals surface area contributed by atoms with Gasteiger partial charge in [0.05, 0.1) is 0 Å². The summed E-state index contributed by atoms with van der Waals surface area (Å²) in [6.45, 7) is 7.34. The SMILES string of the molecule is C=CC=CCCCCCCCC(CCCC)OC(C)=O. The summed E-state index contributed by atoms with van der Waals surface area (Å²) in [4.78, 5) is 11.0. The molecule has 0 fully saturated rings. The maximum atomic E-state index is 11.0. The van der Waals surface area contributed by atoms with Gasteiger partial charge < -0.3 is 4.74 Å². The van der Waals surface area contributed by atoms with E-state index in [1.807, 2.05) is 12.2 Å². The molecule has 0 aromatic rings. The number of hydrogen-bond acceptors (Lipinski definition) is 2. The summed E-state index contributed by atoms with van der Waals surface area (Å²) in [5, 5.41) is 0. The van der Waals surface area contributed by atoms with Crippen molar-refractivity contribution >= 4 is 5.97 Å². The van der Waals surface area contributed by atoms with Crippen molar-refractivity contribution in [1.29, 1.82) is 0 Å². The molecule has 1 unspecified atom stereocenters. The summed E-state index contributed by atoms with van der Waals surface area (Å²) >= 11 is 0. The third kappa shape index (κ3) is 13.4. The van der Waals surface area contributed by atoms with Gasteiger partial charge in [-0.2, -0.15) is 0 Å². The Labute approximate surface area is 125 Å². The van der Waals surface area contributed by atoms with Crippen molar-refractivity contribution in [3.8, 4) is 0 Å². The highest BCUT2D eigenvalue weighted by atomic mass is 16.5. The zero-order valence-corrected chi connectivity index (χ0v) is 13.4. The number of carbonyl (C=O) groups excluding carboxylic acids is 1. The molecule has 0 aliphatic heterocycles. The normalized spacial score (nSPS) is 12.5. The van der Waals surface area contributed by atoms with Crippen molar-refractivity contribution in [3.63, 3.8) is 0 Å². The smallest absolute Gasteiger partial charge is 0.302 e. The van der Waals surface area contributed by atoms with Crippen LogP contribution in [-0.4, -0.2) is 12.1 Å². The van der Waals surface area contributed by atoms with E-state index in [2.05, 4.69) is 19.6 Å². The van der Waals surface area contributed by atoms with Crippen LogP contribution in [0.2, 0.25) is 0 Å². The standard InChI is InChI=1S/C18H32O2/c1-4-6-8-9-10-11-12-13-14-16-18(15-7-5-2)20-17(3)19/h4,6,8,18H,1,5,7,9-16H2,2-3H3. The largest absolute Gasteiger partial charge is 0.463 e. The topological polar surface area (TPSA) is 26.3 Å². The summed E-state index contributed by atoms with van der Waals surface area (Å²) in [7, 11) is 0. The van der Waals surface area contributed by atoms with Crippen LogP contribution in [0.3, 0.4) is 0 Å². The maximum Gasteiger partial charge on any atom is 0.302 e. The Morgan fingerprint density at radius 1 is 1.10 bits per heavy atom. The van der Waals surface area contributed by atoms with Gasteiger partial charge in [0.1, 0.15) is 6.10 Å². The van der Waals surface area contributed by atoms with Crippen LogP contribution in [-0.2, 0) is 9.53 Å². The van der Waals surface area contributed by atoms with Gasteiger partial charge in [0.25, 0.3) is 0 Å². The van der Waals surface area contributed by atoms with Crippen molar-refractivity contribution < 1.29 is 9.53 Å². The summed E-state index contributed by atoms with van der Waals surface area (Å²) in [6.07, 6.45) is 17.9. The molecule has 0 spiro atoms. The van der Waals surface area contributed by atoms with Gasteiger partial charge >= 0.3 is 5.97 Å². The third-order valence-electron chi connectivity index (χ3n) is 3.38. The number of unbranched alkanes of at least 4 members (excludes halogenated alkanes) is 6. The summed E-state index contributed by atoms with van der Waals surface area (Å²) in [5.74, 6) is -0.139. The Hall–Kier alpha value is -1.05. The highest BCUT2D eigenvalue weighted by Crippen LogP contribution is 2.15. The van der Waals surface area contributed by atoms with Gasteiger partial charge in [0.2, 0.25) is 0 Å². The van der Waals surface area contributed by atoms with Crippen LogP contribution in [0.4, 0.5) is 0 Å². The molecule has 0 radical (unpaired) electrons. The molecule has 0 aromatic carbocycles. The molecule has 0 saturated heterocycles. The molecule has 0 saturated carbocycles. The van der Waals surface area contributed by atoms with E-state index >= 15 is 0 Å². The Morgan fingerprint density at radius 3 is 2.40 bits per heavy atom. The van der Waals surface area contributed by atoms with Gasteiger partial charge in [-0.15, -0.1) is 0 Å². The van der Waals surface area contributed by atoms with E-state index in [1.54, 1.807) is 0 Å². The van der Waals surface area contributed by atoms with Gasteiger partial charge in [0, 0.05) is 6.92 Å². The molecule has 0 aliphatic carbocycles. The van der Waals surface area contributed by atoms with Crippen molar-refractivity contribution in [1.82, 2.24) is 0 Å². The first-order valence-corrected chi connectivity index (χ1v) is 8.15. The molecule has 116 valence electrons. The van der Waals surface area contributed by atoms with E-state index in [0.29, 0.717) is 0 Å². The van der Waals surface area contributed by atoms with Crippen LogP contribution in [0.5, 0.6) is 0 Å². The lowest BCUT2D eigenvalue weighted by Gasteiger charge is -2.16. The fourth-order valence-corrected chi connectivity index (χ4v) is 2.29. The lowest BCUT2D eigenvalue weighted by atomic mass is 10.0. The molecule has 20 heavy (non-hydrogen) atoms.